The molecule has 2 aromatic carbocycles. The van der Waals surface area contributed by atoms with Crippen molar-refractivity contribution in [2.24, 2.45) is 4.99 Å². The number of halogens is 1. The number of benzene rings is 2. The summed E-state index contributed by atoms with van der Waals surface area (Å²) < 4.78 is 5.45. The molecule has 0 fully saturated rings. The highest BCUT2D eigenvalue weighted by molar-refractivity contribution is 14.0. The monoisotopic (exact) mass is 524 g/mol. The third kappa shape index (κ3) is 7.85. The number of hydrogen-bond acceptors (Lipinski definition) is 3. The van der Waals surface area contributed by atoms with E-state index < -0.39 is 0 Å². The molecule has 0 saturated carbocycles. The molecule has 1 amide bonds. The molecule has 0 atom stereocenters. The molecule has 2 N–H and O–H groups in total. The molecule has 0 radical (unpaired) electrons. The van der Waals surface area contributed by atoms with Gasteiger partial charge in [-0.25, -0.2) is 4.99 Å². The van der Waals surface area contributed by atoms with E-state index in [0.717, 1.165) is 36.8 Å². The zero-order valence-electron chi connectivity index (χ0n) is 18.5. The van der Waals surface area contributed by atoms with E-state index in [1.54, 1.807) is 26.1 Å². The normalized spacial score (nSPS) is 10.8. The number of hydrogen-bond donors (Lipinski definition) is 2. The van der Waals surface area contributed by atoms with Crippen LogP contribution in [0.5, 0.6) is 5.75 Å². The first-order chi connectivity index (χ1) is 13.9. The van der Waals surface area contributed by atoms with Gasteiger partial charge in [0, 0.05) is 32.7 Å². The molecule has 0 saturated heterocycles. The van der Waals surface area contributed by atoms with Crippen LogP contribution >= 0.6 is 24.0 Å². The van der Waals surface area contributed by atoms with E-state index in [4.69, 9.17) is 4.74 Å². The van der Waals surface area contributed by atoms with Gasteiger partial charge in [-0.05, 0) is 49.6 Å². The van der Waals surface area contributed by atoms with Crippen LogP contribution in [-0.2, 0) is 13.0 Å². The molecule has 0 heterocycles. The Labute approximate surface area is 197 Å². The molecule has 0 aliphatic rings. The topological polar surface area (TPSA) is 66.0 Å². The van der Waals surface area contributed by atoms with Crippen LogP contribution < -0.4 is 15.4 Å². The first-order valence-electron chi connectivity index (χ1n) is 9.91. The number of guanidine groups is 1. The molecule has 0 bridgehead atoms. The third-order valence-electron chi connectivity index (χ3n) is 4.49. The van der Waals surface area contributed by atoms with Gasteiger partial charge in [-0.2, -0.15) is 0 Å². The maximum Gasteiger partial charge on any atom is 0.253 e. The van der Waals surface area contributed by atoms with Crippen LogP contribution in [0.3, 0.4) is 0 Å². The number of carbonyl (C=O) groups is 1. The Morgan fingerprint density at radius 3 is 2.40 bits per heavy atom. The van der Waals surface area contributed by atoms with E-state index >= 15 is 0 Å². The maximum absolute atomic E-state index is 12.0. The van der Waals surface area contributed by atoms with E-state index in [9.17, 15) is 4.79 Å². The van der Waals surface area contributed by atoms with Crippen molar-refractivity contribution in [3.63, 3.8) is 0 Å². The van der Waals surface area contributed by atoms with E-state index in [1.807, 2.05) is 37.3 Å². The summed E-state index contributed by atoms with van der Waals surface area (Å²) in [6.07, 6.45) is 0.844. The average molecular weight is 524 g/mol. The first-order valence-corrected chi connectivity index (χ1v) is 9.91. The lowest BCUT2D eigenvalue weighted by molar-refractivity contribution is 0.0827. The van der Waals surface area contributed by atoms with Crippen LogP contribution in [0, 0.1) is 6.92 Å². The minimum Gasteiger partial charge on any atom is -0.496 e. The second-order valence-corrected chi connectivity index (χ2v) is 7.08. The highest BCUT2D eigenvalue weighted by Crippen LogP contribution is 2.19. The van der Waals surface area contributed by atoms with Gasteiger partial charge in [-0.3, -0.25) is 4.79 Å². The average Bonchev–Trinajstić information content (AvgIpc) is 2.72. The lowest BCUT2D eigenvalue weighted by Gasteiger charge is -2.13. The van der Waals surface area contributed by atoms with Gasteiger partial charge < -0.3 is 20.3 Å². The van der Waals surface area contributed by atoms with E-state index in [2.05, 4.69) is 34.7 Å². The molecule has 7 heteroatoms. The summed E-state index contributed by atoms with van der Waals surface area (Å²) in [5.41, 5.74) is 4.13. The summed E-state index contributed by atoms with van der Waals surface area (Å²) in [6, 6.07) is 13.8. The van der Waals surface area contributed by atoms with Crippen molar-refractivity contribution in [1.82, 2.24) is 15.5 Å². The lowest BCUT2D eigenvalue weighted by atomic mass is 10.1. The Bertz CT molecular complexity index is 836. The highest BCUT2D eigenvalue weighted by Gasteiger charge is 2.07. The Morgan fingerprint density at radius 2 is 1.80 bits per heavy atom. The zero-order chi connectivity index (χ0) is 21.2. The van der Waals surface area contributed by atoms with E-state index in [1.165, 1.54) is 11.1 Å². The van der Waals surface area contributed by atoms with Gasteiger partial charge in [-0.1, -0.05) is 29.8 Å². The van der Waals surface area contributed by atoms with Crippen molar-refractivity contribution in [3.05, 3.63) is 64.7 Å². The van der Waals surface area contributed by atoms with Gasteiger partial charge in [-0.15, -0.1) is 24.0 Å². The van der Waals surface area contributed by atoms with Crippen LogP contribution in [-0.4, -0.2) is 51.1 Å². The third-order valence-corrected chi connectivity index (χ3v) is 4.49. The van der Waals surface area contributed by atoms with Crippen LogP contribution in [0.2, 0.25) is 0 Å². The Kier molecular flexibility index (Phi) is 11.2. The number of nitrogens with one attached hydrogen (secondary N) is 2. The molecule has 0 aliphatic carbocycles. The van der Waals surface area contributed by atoms with Crippen molar-refractivity contribution in [1.29, 1.82) is 0 Å². The fourth-order valence-electron chi connectivity index (χ4n) is 2.94. The molecular weight excluding hydrogens is 491 g/mol. The van der Waals surface area contributed by atoms with Gasteiger partial charge in [0.05, 0.1) is 13.7 Å². The fourth-order valence-corrected chi connectivity index (χ4v) is 2.94. The molecule has 30 heavy (non-hydrogen) atoms. The molecule has 6 nitrogen and oxygen atoms in total. The molecule has 164 valence electrons. The molecule has 0 aromatic heterocycles. The number of nitrogens with zero attached hydrogens (tertiary/aromatic N) is 2. The van der Waals surface area contributed by atoms with Gasteiger partial charge in [0.1, 0.15) is 5.75 Å². The standard InChI is InChI=1S/C23H32N4O2.HI/c1-6-24-23(25-14-13-20-15-17(2)7-12-21(20)29-5)26-16-18-8-10-19(11-9-18)22(28)27(3)4;/h7-12,15H,6,13-14,16H2,1-5H3,(H2,24,25,26);1H. The van der Waals surface area contributed by atoms with Crippen LogP contribution in [0.15, 0.2) is 47.5 Å². The quantitative estimate of drug-likeness (QED) is 0.315. The number of carbonyl (C=O) groups excluding carboxylic acids is 1. The molecule has 0 spiro atoms. The predicted octanol–water partition coefficient (Wildman–Crippen LogP) is 3.62. The van der Waals surface area contributed by atoms with Crippen molar-refractivity contribution >= 4 is 35.8 Å². The van der Waals surface area contributed by atoms with E-state index in [-0.39, 0.29) is 29.9 Å². The number of rotatable bonds is 8. The smallest absolute Gasteiger partial charge is 0.253 e. The maximum atomic E-state index is 12.0. The van der Waals surface area contributed by atoms with Crippen LogP contribution in [0.4, 0.5) is 0 Å². The molecule has 0 aliphatic heterocycles. The van der Waals surface area contributed by atoms with Crippen molar-refractivity contribution < 1.29 is 9.53 Å². The largest absolute Gasteiger partial charge is 0.496 e. The van der Waals surface area contributed by atoms with Crippen molar-refractivity contribution in [2.75, 3.05) is 34.3 Å². The van der Waals surface area contributed by atoms with E-state index in [0.29, 0.717) is 12.1 Å². The second kappa shape index (κ2) is 13.1. The number of aryl methyl sites for hydroxylation is 1. The number of methoxy groups -OCH3 is 1. The molecule has 2 aromatic rings. The van der Waals surface area contributed by atoms with Gasteiger partial charge >= 0.3 is 0 Å². The van der Waals surface area contributed by atoms with Crippen LogP contribution in [0.1, 0.15) is 34.0 Å². The second-order valence-electron chi connectivity index (χ2n) is 7.08. The SMILES string of the molecule is CCNC(=NCc1ccc(C(=O)N(C)C)cc1)NCCc1cc(C)ccc1OC.I. The van der Waals surface area contributed by atoms with Crippen molar-refractivity contribution in [2.45, 2.75) is 26.8 Å². The van der Waals surface area contributed by atoms with Crippen molar-refractivity contribution in [3.8, 4) is 5.75 Å². The summed E-state index contributed by atoms with van der Waals surface area (Å²) in [5.74, 6) is 1.68. The Morgan fingerprint density at radius 1 is 1.10 bits per heavy atom. The predicted molar refractivity (Wildman–Crippen MR) is 134 cm³/mol. The summed E-state index contributed by atoms with van der Waals surface area (Å²) >= 11 is 0. The summed E-state index contributed by atoms with van der Waals surface area (Å²) in [7, 11) is 5.20. The zero-order valence-corrected chi connectivity index (χ0v) is 20.8. The fraction of sp³-hybridized carbons (Fsp3) is 0.391. The number of ether oxygens (including phenoxy) is 1. The van der Waals surface area contributed by atoms with Crippen LogP contribution in [0.25, 0.3) is 0 Å². The summed E-state index contributed by atoms with van der Waals surface area (Å²) in [5, 5.41) is 6.65. The Hall–Kier alpha value is -2.29. The van der Waals surface area contributed by atoms with Gasteiger partial charge in [0.2, 0.25) is 0 Å². The van der Waals surface area contributed by atoms with Gasteiger partial charge in [0.15, 0.2) is 5.96 Å². The molecule has 0 unspecified atom stereocenters. The lowest BCUT2D eigenvalue weighted by Crippen LogP contribution is -2.38. The number of aliphatic imine (C=N–C) groups is 1. The Balaban J connectivity index is 0.00000450. The molecule has 2 rings (SSSR count). The first kappa shape index (κ1) is 25.7. The highest BCUT2D eigenvalue weighted by atomic mass is 127. The molecular formula is C23H33IN4O2. The minimum absolute atomic E-state index is 0. The number of amides is 1. The van der Waals surface area contributed by atoms with Gasteiger partial charge in [0.25, 0.3) is 5.91 Å². The summed E-state index contributed by atoms with van der Waals surface area (Å²) in [6.45, 7) is 6.21. The summed E-state index contributed by atoms with van der Waals surface area (Å²) in [4.78, 5) is 18.2. The minimum atomic E-state index is 0.